The number of hydrogen-bond acceptors (Lipinski definition) is 1. The van der Waals surface area contributed by atoms with Crippen LogP contribution >= 0.6 is 12.4 Å². The SMILES string of the molecule is CC1CNCCC1c1ccccc1F.Cl. The predicted octanol–water partition coefficient (Wildman–Crippen LogP) is 2.96. The average molecular weight is 230 g/mol. The van der Waals surface area contributed by atoms with Crippen molar-refractivity contribution in [1.82, 2.24) is 5.32 Å². The molecule has 3 heteroatoms. The van der Waals surface area contributed by atoms with E-state index in [4.69, 9.17) is 0 Å². The lowest BCUT2D eigenvalue weighted by Crippen LogP contribution is -2.34. The van der Waals surface area contributed by atoms with E-state index in [0.717, 1.165) is 25.1 Å². The minimum absolute atomic E-state index is 0. The summed E-state index contributed by atoms with van der Waals surface area (Å²) in [5.74, 6) is 0.865. The quantitative estimate of drug-likeness (QED) is 0.781. The molecule has 0 aliphatic carbocycles. The fourth-order valence-electron chi connectivity index (χ4n) is 2.25. The fraction of sp³-hybridized carbons (Fsp3) is 0.500. The summed E-state index contributed by atoms with van der Waals surface area (Å²) in [6.45, 7) is 4.19. The van der Waals surface area contributed by atoms with E-state index in [2.05, 4.69) is 12.2 Å². The first kappa shape index (κ1) is 12.5. The van der Waals surface area contributed by atoms with Gasteiger partial charge >= 0.3 is 0 Å². The lowest BCUT2D eigenvalue weighted by Gasteiger charge is -2.30. The average Bonchev–Trinajstić information content (AvgIpc) is 2.20. The lowest BCUT2D eigenvalue weighted by atomic mass is 9.82. The molecule has 2 rings (SSSR count). The van der Waals surface area contributed by atoms with Crippen molar-refractivity contribution in [2.45, 2.75) is 19.3 Å². The summed E-state index contributed by atoms with van der Waals surface area (Å²) >= 11 is 0. The maximum atomic E-state index is 13.5. The Hall–Kier alpha value is -0.600. The van der Waals surface area contributed by atoms with Crippen molar-refractivity contribution in [3.8, 4) is 0 Å². The van der Waals surface area contributed by atoms with E-state index >= 15 is 0 Å². The molecule has 1 N–H and O–H groups in total. The minimum Gasteiger partial charge on any atom is -0.316 e. The van der Waals surface area contributed by atoms with Crippen LogP contribution in [0.5, 0.6) is 0 Å². The molecule has 1 saturated heterocycles. The molecule has 1 heterocycles. The van der Waals surface area contributed by atoms with Crippen molar-refractivity contribution in [1.29, 1.82) is 0 Å². The largest absolute Gasteiger partial charge is 0.316 e. The van der Waals surface area contributed by atoms with Crippen LogP contribution in [-0.4, -0.2) is 13.1 Å². The van der Waals surface area contributed by atoms with Gasteiger partial charge in [-0.3, -0.25) is 0 Å². The molecule has 1 nitrogen and oxygen atoms in total. The molecular formula is C12H17ClFN. The van der Waals surface area contributed by atoms with Crippen molar-refractivity contribution in [2.24, 2.45) is 5.92 Å². The Balaban J connectivity index is 0.00000112. The van der Waals surface area contributed by atoms with E-state index in [-0.39, 0.29) is 18.2 Å². The normalized spacial score (nSPS) is 25.7. The summed E-state index contributed by atoms with van der Waals surface area (Å²) in [5, 5.41) is 3.33. The fourth-order valence-corrected chi connectivity index (χ4v) is 2.25. The molecular weight excluding hydrogens is 213 g/mol. The topological polar surface area (TPSA) is 12.0 Å². The van der Waals surface area contributed by atoms with Crippen molar-refractivity contribution >= 4 is 12.4 Å². The second-order valence-electron chi connectivity index (χ2n) is 4.10. The molecule has 1 aromatic rings. The molecule has 2 atom stereocenters. The van der Waals surface area contributed by atoms with Gasteiger partial charge in [-0.25, -0.2) is 4.39 Å². The first-order valence-corrected chi connectivity index (χ1v) is 5.24. The summed E-state index contributed by atoms with van der Waals surface area (Å²) in [6.07, 6.45) is 1.04. The zero-order chi connectivity index (χ0) is 9.97. The highest BCUT2D eigenvalue weighted by molar-refractivity contribution is 5.85. The molecule has 1 fully saturated rings. The van der Waals surface area contributed by atoms with E-state index in [1.165, 1.54) is 0 Å². The number of rotatable bonds is 1. The van der Waals surface area contributed by atoms with E-state index < -0.39 is 0 Å². The summed E-state index contributed by atoms with van der Waals surface area (Å²) in [4.78, 5) is 0. The maximum Gasteiger partial charge on any atom is 0.126 e. The first-order valence-electron chi connectivity index (χ1n) is 5.24. The third-order valence-corrected chi connectivity index (χ3v) is 3.09. The second kappa shape index (κ2) is 5.47. The predicted molar refractivity (Wildman–Crippen MR) is 63.0 cm³/mol. The van der Waals surface area contributed by atoms with E-state index in [1.54, 1.807) is 12.1 Å². The highest BCUT2D eigenvalue weighted by Gasteiger charge is 2.24. The summed E-state index contributed by atoms with van der Waals surface area (Å²) in [6, 6.07) is 7.16. The zero-order valence-corrected chi connectivity index (χ0v) is 9.69. The van der Waals surface area contributed by atoms with Gasteiger partial charge in [-0.2, -0.15) is 0 Å². The molecule has 1 aliphatic rings. The van der Waals surface area contributed by atoms with Gasteiger partial charge in [0.25, 0.3) is 0 Å². The lowest BCUT2D eigenvalue weighted by molar-refractivity contribution is 0.341. The van der Waals surface area contributed by atoms with Crippen molar-refractivity contribution in [2.75, 3.05) is 13.1 Å². The van der Waals surface area contributed by atoms with Crippen LogP contribution in [0, 0.1) is 11.7 Å². The Morgan fingerprint density at radius 2 is 2.07 bits per heavy atom. The van der Waals surface area contributed by atoms with E-state index in [9.17, 15) is 4.39 Å². The Morgan fingerprint density at radius 3 is 2.73 bits per heavy atom. The number of nitrogens with one attached hydrogen (secondary N) is 1. The van der Waals surface area contributed by atoms with Gasteiger partial charge in [-0.05, 0) is 43.0 Å². The van der Waals surface area contributed by atoms with Gasteiger partial charge in [0.2, 0.25) is 0 Å². The molecule has 0 amide bonds. The summed E-state index contributed by atoms with van der Waals surface area (Å²) in [5.41, 5.74) is 0.890. The number of halogens is 2. The maximum absolute atomic E-state index is 13.5. The van der Waals surface area contributed by atoms with Crippen molar-refractivity contribution < 1.29 is 4.39 Å². The minimum atomic E-state index is -0.0498. The van der Waals surface area contributed by atoms with Gasteiger partial charge in [0, 0.05) is 0 Å². The monoisotopic (exact) mass is 229 g/mol. The Labute approximate surface area is 96.5 Å². The molecule has 1 aromatic carbocycles. The van der Waals surface area contributed by atoms with Crippen LogP contribution in [0.3, 0.4) is 0 Å². The highest BCUT2D eigenvalue weighted by Crippen LogP contribution is 2.31. The number of hydrogen-bond donors (Lipinski definition) is 1. The van der Waals surface area contributed by atoms with Gasteiger partial charge in [-0.15, -0.1) is 12.4 Å². The van der Waals surface area contributed by atoms with Crippen molar-refractivity contribution in [3.63, 3.8) is 0 Å². The molecule has 15 heavy (non-hydrogen) atoms. The molecule has 1 aliphatic heterocycles. The molecule has 0 spiro atoms. The Bertz CT molecular complexity index is 316. The smallest absolute Gasteiger partial charge is 0.126 e. The molecule has 0 saturated carbocycles. The van der Waals surface area contributed by atoms with Gasteiger partial charge < -0.3 is 5.32 Å². The first-order chi connectivity index (χ1) is 6.79. The standard InChI is InChI=1S/C12H16FN.ClH/c1-9-8-14-7-6-10(9)11-4-2-3-5-12(11)13;/h2-5,9-10,14H,6-8H2,1H3;1H. The zero-order valence-electron chi connectivity index (χ0n) is 8.87. The van der Waals surface area contributed by atoms with Crippen LogP contribution < -0.4 is 5.32 Å². The van der Waals surface area contributed by atoms with Gasteiger partial charge in [0.15, 0.2) is 0 Å². The highest BCUT2D eigenvalue weighted by atomic mass is 35.5. The van der Waals surface area contributed by atoms with Gasteiger partial charge in [0.05, 0.1) is 0 Å². The molecule has 0 aromatic heterocycles. The van der Waals surface area contributed by atoms with Gasteiger partial charge in [0.1, 0.15) is 5.82 Å². The summed E-state index contributed by atoms with van der Waals surface area (Å²) < 4.78 is 13.5. The molecule has 2 unspecified atom stereocenters. The number of piperidine rings is 1. The van der Waals surface area contributed by atoms with Crippen LogP contribution in [0.15, 0.2) is 24.3 Å². The van der Waals surface area contributed by atoms with E-state index in [1.807, 2.05) is 12.1 Å². The Kier molecular flexibility index (Phi) is 4.55. The van der Waals surface area contributed by atoms with E-state index in [0.29, 0.717) is 11.8 Å². The Morgan fingerprint density at radius 1 is 1.33 bits per heavy atom. The van der Waals surface area contributed by atoms with Crippen LogP contribution in [0.2, 0.25) is 0 Å². The molecule has 0 radical (unpaired) electrons. The van der Waals surface area contributed by atoms with Crippen molar-refractivity contribution in [3.05, 3.63) is 35.6 Å². The van der Waals surface area contributed by atoms with Crippen LogP contribution in [0.1, 0.15) is 24.8 Å². The molecule has 84 valence electrons. The van der Waals surface area contributed by atoms with Gasteiger partial charge in [-0.1, -0.05) is 25.1 Å². The number of benzene rings is 1. The molecule has 0 bridgehead atoms. The van der Waals surface area contributed by atoms with Crippen LogP contribution in [-0.2, 0) is 0 Å². The third kappa shape index (κ3) is 2.70. The summed E-state index contributed by atoms with van der Waals surface area (Å²) in [7, 11) is 0. The van der Waals surface area contributed by atoms with Crippen LogP contribution in [0.4, 0.5) is 4.39 Å². The third-order valence-electron chi connectivity index (χ3n) is 3.09. The van der Waals surface area contributed by atoms with Crippen LogP contribution in [0.25, 0.3) is 0 Å². The second-order valence-corrected chi connectivity index (χ2v) is 4.10.